The van der Waals surface area contributed by atoms with E-state index in [1.165, 1.54) is 11.3 Å². The van der Waals surface area contributed by atoms with Gasteiger partial charge in [0.1, 0.15) is 0 Å². The molecule has 6 unspecified atom stereocenters. The highest BCUT2D eigenvalue weighted by Gasteiger charge is 2.67. The maximum Gasteiger partial charge on any atom is 0.238 e. The van der Waals surface area contributed by atoms with E-state index in [1.54, 1.807) is 0 Å². The molecule has 4 aliphatic carbocycles. The average molecular weight is 315 g/mol. The third kappa shape index (κ3) is 1.44. The summed E-state index contributed by atoms with van der Waals surface area (Å²) < 4.78 is 0. The smallest absolute Gasteiger partial charge is 0.238 e. The lowest BCUT2D eigenvalue weighted by atomic mass is 9.63. The van der Waals surface area contributed by atoms with E-state index in [1.807, 2.05) is 42.5 Å². The topological polar surface area (TPSA) is 37.4 Å². The predicted octanol–water partition coefficient (Wildman–Crippen LogP) is 3.40. The highest BCUT2D eigenvalue weighted by atomic mass is 16.2. The number of anilines is 1. The Morgan fingerprint density at radius 2 is 1.42 bits per heavy atom. The van der Waals surface area contributed by atoms with Gasteiger partial charge in [0.2, 0.25) is 11.8 Å². The second kappa shape index (κ2) is 4.15. The number of hydrogen-bond donors (Lipinski definition) is 0. The van der Waals surface area contributed by atoms with Gasteiger partial charge >= 0.3 is 0 Å². The number of carbonyl (C=O) groups excluding carboxylic acids is 2. The molecule has 7 rings (SSSR count). The molecule has 1 saturated heterocycles. The maximum absolute atomic E-state index is 13.1. The van der Waals surface area contributed by atoms with Crippen LogP contribution in [0.4, 0.5) is 5.69 Å². The van der Waals surface area contributed by atoms with Crippen molar-refractivity contribution < 1.29 is 9.59 Å². The van der Waals surface area contributed by atoms with Gasteiger partial charge in [-0.2, -0.15) is 0 Å². The van der Waals surface area contributed by atoms with E-state index in [0.717, 1.165) is 16.5 Å². The summed E-state index contributed by atoms with van der Waals surface area (Å²) in [7, 11) is 0. The number of amides is 2. The molecule has 3 heteroatoms. The van der Waals surface area contributed by atoms with Gasteiger partial charge < -0.3 is 0 Å². The van der Waals surface area contributed by atoms with Gasteiger partial charge in [0.05, 0.1) is 17.5 Å². The molecular weight excluding hydrogens is 298 g/mol. The largest absolute Gasteiger partial charge is 0.274 e. The van der Waals surface area contributed by atoms with Crippen LogP contribution in [-0.2, 0) is 9.59 Å². The van der Waals surface area contributed by atoms with Crippen LogP contribution in [-0.4, -0.2) is 11.8 Å². The van der Waals surface area contributed by atoms with Crippen LogP contribution in [0.25, 0.3) is 10.8 Å². The van der Waals surface area contributed by atoms with Crippen molar-refractivity contribution in [1.82, 2.24) is 0 Å². The van der Waals surface area contributed by atoms with E-state index < -0.39 is 0 Å². The predicted molar refractivity (Wildman–Crippen MR) is 91.1 cm³/mol. The van der Waals surface area contributed by atoms with Crippen molar-refractivity contribution in [3.05, 3.63) is 54.6 Å². The van der Waals surface area contributed by atoms with E-state index in [4.69, 9.17) is 0 Å². The van der Waals surface area contributed by atoms with Gasteiger partial charge in [0.15, 0.2) is 0 Å². The number of hydrogen-bond acceptors (Lipinski definition) is 2. The number of fused-ring (bicyclic) bond motifs is 1. The third-order valence-corrected chi connectivity index (χ3v) is 6.65. The van der Waals surface area contributed by atoms with Crippen LogP contribution in [0, 0.1) is 35.5 Å². The van der Waals surface area contributed by atoms with Crippen molar-refractivity contribution in [2.45, 2.75) is 6.42 Å². The molecule has 2 amide bonds. The summed E-state index contributed by atoms with van der Waals surface area (Å²) in [5.74, 6) is 1.66. The zero-order valence-corrected chi connectivity index (χ0v) is 13.1. The maximum atomic E-state index is 13.1. The van der Waals surface area contributed by atoms with Gasteiger partial charge in [-0.05, 0) is 53.0 Å². The molecule has 6 atom stereocenters. The standard InChI is InChI=1S/C21H17NO2/c23-20-18-14-7-8-15(17-10-16(14)17)19(18)21(24)22(20)13-6-5-11-3-1-2-4-12(11)9-13/h1-9,14-19H,10H2. The first-order valence-electron chi connectivity index (χ1n) is 8.79. The van der Waals surface area contributed by atoms with Gasteiger partial charge in [-0.1, -0.05) is 42.5 Å². The minimum atomic E-state index is -0.122. The number of benzene rings is 2. The Hall–Kier alpha value is -2.42. The molecule has 1 heterocycles. The lowest BCUT2D eigenvalue weighted by molar-refractivity contribution is -0.124. The van der Waals surface area contributed by atoms with E-state index in [9.17, 15) is 9.59 Å². The van der Waals surface area contributed by atoms with Gasteiger partial charge in [0, 0.05) is 0 Å². The Morgan fingerprint density at radius 3 is 2.08 bits per heavy atom. The summed E-state index contributed by atoms with van der Waals surface area (Å²) in [6, 6.07) is 13.9. The summed E-state index contributed by atoms with van der Waals surface area (Å²) in [5, 5.41) is 2.19. The molecule has 1 aliphatic heterocycles. The highest BCUT2D eigenvalue weighted by molar-refractivity contribution is 6.23. The summed E-state index contributed by atoms with van der Waals surface area (Å²) in [6.45, 7) is 0. The van der Waals surface area contributed by atoms with Gasteiger partial charge in [0.25, 0.3) is 0 Å². The summed E-state index contributed by atoms with van der Waals surface area (Å²) in [6.07, 6.45) is 5.63. The molecule has 2 saturated carbocycles. The van der Waals surface area contributed by atoms with Crippen LogP contribution in [0.3, 0.4) is 0 Å². The first-order chi connectivity index (χ1) is 11.7. The molecule has 2 aromatic rings. The average Bonchev–Trinajstić information content (AvgIpc) is 3.39. The van der Waals surface area contributed by atoms with Crippen molar-refractivity contribution in [2.75, 3.05) is 4.90 Å². The van der Waals surface area contributed by atoms with Crippen molar-refractivity contribution >= 4 is 28.3 Å². The normalized spacial score (nSPS) is 38.6. The second-order valence-electron chi connectivity index (χ2n) is 7.70. The van der Waals surface area contributed by atoms with E-state index in [2.05, 4.69) is 12.2 Å². The third-order valence-electron chi connectivity index (χ3n) is 6.65. The fourth-order valence-corrected chi connectivity index (χ4v) is 5.53. The lowest BCUT2D eigenvalue weighted by Crippen LogP contribution is -2.40. The minimum Gasteiger partial charge on any atom is -0.274 e. The summed E-state index contributed by atoms with van der Waals surface area (Å²) >= 11 is 0. The molecule has 24 heavy (non-hydrogen) atoms. The SMILES string of the molecule is O=C1C2C3C=CC(C4CC34)C2C(=O)N1c1ccc2ccccc2c1. The van der Waals surface area contributed by atoms with E-state index in [-0.39, 0.29) is 35.5 Å². The van der Waals surface area contributed by atoms with Crippen LogP contribution in [0.15, 0.2) is 54.6 Å². The Labute approximate surface area is 139 Å². The van der Waals surface area contributed by atoms with Crippen LogP contribution in [0.2, 0.25) is 0 Å². The van der Waals surface area contributed by atoms with Crippen LogP contribution < -0.4 is 4.90 Å². The van der Waals surface area contributed by atoms with Crippen molar-refractivity contribution in [2.24, 2.45) is 35.5 Å². The van der Waals surface area contributed by atoms with Gasteiger partial charge in [-0.3, -0.25) is 9.59 Å². The molecule has 0 aromatic heterocycles. The minimum absolute atomic E-state index is 0.0185. The van der Waals surface area contributed by atoms with Gasteiger partial charge in [-0.15, -0.1) is 0 Å². The molecule has 5 aliphatic rings. The summed E-state index contributed by atoms with van der Waals surface area (Å²) in [4.78, 5) is 27.7. The number of allylic oxidation sites excluding steroid dienone is 2. The first-order valence-corrected chi connectivity index (χ1v) is 8.79. The number of carbonyl (C=O) groups is 2. The first kappa shape index (κ1) is 12.9. The van der Waals surface area contributed by atoms with E-state index in [0.29, 0.717) is 11.8 Å². The van der Waals surface area contributed by atoms with Crippen LogP contribution >= 0.6 is 0 Å². The fourth-order valence-electron chi connectivity index (χ4n) is 5.53. The molecule has 0 spiro atoms. The zero-order chi connectivity index (χ0) is 16.0. The number of rotatable bonds is 1. The molecular formula is C21H17NO2. The quantitative estimate of drug-likeness (QED) is 0.597. The number of nitrogens with zero attached hydrogens (tertiary/aromatic N) is 1. The van der Waals surface area contributed by atoms with Crippen LogP contribution in [0.1, 0.15) is 6.42 Å². The fraction of sp³-hybridized carbons (Fsp3) is 0.333. The summed E-state index contributed by atoms with van der Waals surface area (Å²) in [5.41, 5.74) is 0.728. The van der Waals surface area contributed by atoms with Crippen molar-refractivity contribution in [3.63, 3.8) is 0 Å². The highest BCUT2D eigenvalue weighted by Crippen LogP contribution is 2.65. The van der Waals surface area contributed by atoms with Gasteiger partial charge in [-0.25, -0.2) is 4.90 Å². The lowest BCUT2D eigenvalue weighted by Gasteiger charge is -2.37. The van der Waals surface area contributed by atoms with Crippen LogP contribution in [0.5, 0.6) is 0 Å². The Bertz CT molecular complexity index is 910. The number of imide groups is 1. The zero-order valence-electron chi connectivity index (χ0n) is 13.1. The van der Waals surface area contributed by atoms with Crippen molar-refractivity contribution in [1.29, 1.82) is 0 Å². The Balaban J connectivity index is 1.46. The second-order valence-corrected chi connectivity index (χ2v) is 7.70. The molecule has 2 aromatic carbocycles. The molecule has 0 radical (unpaired) electrons. The molecule has 2 bridgehead atoms. The molecule has 3 fully saturated rings. The Kier molecular flexibility index (Phi) is 2.24. The molecule has 0 N–H and O–H groups in total. The van der Waals surface area contributed by atoms with E-state index >= 15 is 0 Å². The monoisotopic (exact) mass is 315 g/mol. The molecule has 118 valence electrons. The molecule has 3 nitrogen and oxygen atoms in total. The van der Waals surface area contributed by atoms with Crippen molar-refractivity contribution in [3.8, 4) is 0 Å². The Morgan fingerprint density at radius 1 is 0.792 bits per heavy atom.